The van der Waals surface area contributed by atoms with Crippen molar-refractivity contribution >= 4 is 34.6 Å². The van der Waals surface area contributed by atoms with Gasteiger partial charge in [0.05, 0.1) is 12.8 Å². The van der Waals surface area contributed by atoms with Gasteiger partial charge in [0, 0.05) is 26.1 Å². The van der Waals surface area contributed by atoms with Crippen molar-refractivity contribution in [3.8, 4) is 20.9 Å². The van der Waals surface area contributed by atoms with Gasteiger partial charge in [-0.1, -0.05) is 36.4 Å². The average molecular weight is 594 g/mol. The Bertz CT molecular complexity index is 1580. The summed E-state index contributed by atoms with van der Waals surface area (Å²) in [6, 6.07) is 26.3. The van der Waals surface area contributed by atoms with Gasteiger partial charge in [-0.15, -0.1) is 22.7 Å². The number of thiophene rings is 2. The van der Waals surface area contributed by atoms with E-state index in [1.807, 2.05) is 18.2 Å². The molecule has 0 radical (unpaired) electrons. The van der Waals surface area contributed by atoms with E-state index < -0.39 is 5.97 Å². The first-order valence-corrected chi connectivity index (χ1v) is 14.3. The van der Waals surface area contributed by atoms with E-state index in [1.165, 1.54) is 59.1 Å². The van der Waals surface area contributed by atoms with Gasteiger partial charge < -0.3 is 10.4 Å². The number of carboxylic acid groups (broad SMARTS) is 1. The van der Waals surface area contributed by atoms with Crippen LogP contribution in [-0.2, 0) is 28.9 Å². The highest BCUT2D eigenvalue weighted by Gasteiger charge is 2.08. The topological polar surface area (TPSA) is 66.4 Å². The second-order valence-corrected chi connectivity index (χ2v) is 11.4. The Morgan fingerprint density at radius 2 is 1.05 bits per heavy atom. The molecule has 2 heterocycles. The maximum atomic E-state index is 13.0. The Kier molecular flexibility index (Phi) is 10.5. The van der Waals surface area contributed by atoms with Crippen molar-refractivity contribution < 1.29 is 27.9 Å². The molecule has 0 saturated heterocycles. The number of benzene rings is 3. The monoisotopic (exact) mass is 593 g/mol. The molecule has 9 heteroatoms. The standard InChI is InChI=1S/C20H17F2NOS.C12H9FO2S/c21-16-5-1-14(2-6-16)11-12-23-20(24)13-18-9-10-19(25-18)15-3-7-17(22)8-4-15;13-9-3-1-8(2-4-9)11-6-5-10(16-11)7-12(14)15/h1-10H,11-13H2,(H,23,24);1-6H,7H2,(H,14,15). The molecule has 2 N–H and O–H groups in total. The van der Waals surface area contributed by atoms with Crippen LogP contribution >= 0.6 is 22.7 Å². The largest absolute Gasteiger partial charge is 0.481 e. The Morgan fingerprint density at radius 3 is 1.51 bits per heavy atom. The van der Waals surface area contributed by atoms with Crippen molar-refractivity contribution in [2.24, 2.45) is 0 Å². The Morgan fingerprint density at radius 1 is 0.610 bits per heavy atom. The second-order valence-electron chi connectivity index (χ2n) is 9.02. The summed E-state index contributed by atoms with van der Waals surface area (Å²) in [5.41, 5.74) is 2.83. The van der Waals surface area contributed by atoms with E-state index >= 15 is 0 Å². The fourth-order valence-corrected chi connectivity index (χ4v) is 5.87. The Hall–Kier alpha value is -4.21. The van der Waals surface area contributed by atoms with Crippen LogP contribution in [0.25, 0.3) is 20.9 Å². The van der Waals surface area contributed by atoms with Gasteiger partial charge in [-0.3, -0.25) is 9.59 Å². The summed E-state index contributed by atoms with van der Waals surface area (Å²) in [7, 11) is 0. The van der Waals surface area contributed by atoms with Crippen molar-refractivity contribution in [1.29, 1.82) is 0 Å². The predicted molar refractivity (Wildman–Crippen MR) is 158 cm³/mol. The molecule has 5 rings (SSSR count). The lowest BCUT2D eigenvalue weighted by Crippen LogP contribution is -2.26. The fourth-order valence-electron chi connectivity index (χ4n) is 3.85. The number of amides is 1. The molecule has 1 amide bonds. The SMILES string of the molecule is O=C(Cc1ccc(-c2ccc(F)cc2)s1)NCCc1ccc(F)cc1.O=C(O)Cc1ccc(-c2ccc(F)cc2)s1. The number of carbonyl (C=O) groups is 2. The van der Waals surface area contributed by atoms with Gasteiger partial charge >= 0.3 is 5.97 Å². The zero-order valence-electron chi connectivity index (χ0n) is 21.8. The van der Waals surface area contributed by atoms with Gasteiger partial charge in [0.15, 0.2) is 0 Å². The van der Waals surface area contributed by atoms with E-state index in [2.05, 4.69) is 5.32 Å². The first-order chi connectivity index (χ1) is 19.7. The van der Waals surface area contributed by atoms with Crippen molar-refractivity contribution in [3.05, 3.63) is 130 Å². The third kappa shape index (κ3) is 9.44. The molecule has 0 aliphatic heterocycles. The van der Waals surface area contributed by atoms with Crippen LogP contribution in [0.3, 0.4) is 0 Å². The van der Waals surface area contributed by atoms with Crippen molar-refractivity contribution in [3.63, 3.8) is 0 Å². The van der Waals surface area contributed by atoms with Crippen LogP contribution in [0.15, 0.2) is 97.1 Å². The van der Waals surface area contributed by atoms with Crippen LogP contribution in [0, 0.1) is 17.5 Å². The molecule has 5 aromatic rings. The lowest BCUT2D eigenvalue weighted by atomic mass is 10.1. The van der Waals surface area contributed by atoms with Gasteiger partial charge in [-0.25, -0.2) is 13.2 Å². The number of carbonyl (C=O) groups excluding carboxylic acids is 1. The molecule has 0 atom stereocenters. The highest BCUT2D eigenvalue weighted by molar-refractivity contribution is 7.15. The van der Waals surface area contributed by atoms with E-state index in [4.69, 9.17) is 5.11 Å². The number of halogens is 3. The number of hydrogen-bond donors (Lipinski definition) is 2. The van der Waals surface area contributed by atoms with Crippen molar-refractivity contribution in [2.75, 3.05) is 6.54 Å². The first kappa shape index (κ1) is 29.8. The van der Waals surface area contributed by atoms with Crippen LogP contribution in [0.4, 0.5) is 13.2 Å². The van der Waals surface area contributed by atoms with Crippen LogP contribution in [-0.4, -0.2) is 23.5 Å². The van der Waals surface area contributed by atoms with Crippen molar-refractivity contribution in [2.45, 2.75) is 19.3 Å². The number of hydrogen-bond acceptors (Lipinski definition) is 4. The quantitative estimate of drug-likeness (QED) is 0.183. The van der Waals surface area contributed by atoms with Gasteiger partial charge in [-0.05, 0) is 83.8 Å². The smallest absolute Gasteiger partial charge is 0.308 e. The van der Waals surface area contributed by atoms with Crippen LogP contribution in [0.2, 0.25) is 0 Å². The molecule has 0 spiro atoms. The van der Waals surface area contributed by atoms with Crippen molar-refractivity contribution in [1.82, 2.24) is 5.32 Å². The van der Waals surface area contributed by atoms with E-state index in [9.17, 15) is 22.8 Å². The van der Waals surface area contributed by atoms with Crippen LogP contribution in [0.1, 0.15) is 15.3 Å². The number of aliphatic carboxylic acids is 1. The summed E-state index contributed by atoms with van der Waals surface area (Å²) in [5, 5.41) is 11.5. The molecule has 3 aromatic carbocycles. The van der Waals surface area contributed by atoms with Gasteiger partial charge in [0.2, 0.25) is 5.91 Å². The maximum absolute atomic E-state index is 13.0. The third-order valence-corrected chi connectivity index (χ3v) is 8.16. The molecule has 0 saturated carbocycles. The molecule has 0 unspecified atom stereocenters. The zero-order chi connectivity index (χ0) is 29.2. The number of carboxylic acids is 1. The van der Waals surface area contributed by atoms with E-state index in [0.717, 1.165) is 36.2 Å². The highest BCUT2D eigenvalue weighted by Crippen LogP contribution is 2.29. The molecule has 210 valence electrons. The average Bonchev–Trinajstić information content (AvgIpc) is 3.61. The Labute approximate surface area is 243 Å². The van der Waals surface area contributed by atoms with E-state index in [1.54, 1.807) is 42.5 Å². The zero-order valence-corrected chi connectivity index (χ0v) is 23.4. The van der Waals surface area contributed by atoms with Gasteiger partial charge in [0.1, 0.15) is 17.5 Å². The molecule has 41 heavy (non-hydrogen) atoms. The lowest BCUT2D eigenvalue weighted by molar-refractivity contribution is -0.136. The fraction of sp³-hybridized carbons (Fsp3) is 0.125. The number of nitrogens with one attached hydrogen (secondary N) is 1. The third-order valence-electron chi connectivity index (χ3n) is 5.89. The minimum Gasteiger partial charge on any atom is -0.481 e. The maximum Gasteiger partial charge on any atom is 0.308 e. The molecule has 4 nitrogen and oxygen atoms in total. The molecular formula is C32H26F3NO3S2. The van der Waals surface area contributed by atoms with Crippen LogP contribution < -0.4 is 5.32 Å². The summed E-state index contributed by atoms with van der Waals surface area (Å²) < 4.78 is 38.5. The first-order valence-electron chi connectivity index (χ1n) is 12.7. The lowest BCUT2D eigenvalue weighted by Gasteiger charge is -2.04. The summed E-state index contributed by atoms with van der Waals surface area (Å²) in [5.74, 6) is -1.68. The second kappa shape index (κ2) is 14.4. The molecular weight excluding hydrogens is 567 g/mol. The predicted octanol–water partition coefficient (Wildman–Crippen LogP) is 7.78. The summed E-state index contributed by atoms with van der Waals surface area (Å²) >= 11 is 2.94. The minimum absolute atomic E-state index is 0.0336. The van der Waals surface area contributed by atoms with E-state index in [-0.39, 0.29) is 29.8 Å². The summed E-state index contributed by atoms with van der Waals surface area (Å²) in [4.78, 5) is 26.3. The molecule has 0 bridgehead atoms. The summed E-state index contributed by atoms with van der Waals surface area (Å²) in [6.07, 6.45) is 1.01. The van der Waals surface area contributed by atoms with E-state index in [0.29, 0.717) is 19.4 Å². The molecule has 0 aliphatic rings. The normalized spacial score (nSPS) is 10.5. The molecule has 0 fully saturated rings. The molecule has 2 aromatic heterocycles. The highest BCUT2D eigenvalue weighted by atomic mass is 32.1. The summed E-state index contributed by atoms with van der Waals surface area (Å²) in [6.45, 7) is 0.515. The number of rotatable bonds is 9. The van der Waals surface area contributed by atoms with Crippen LogP contribution in [0.5, 0.6) is 0 Å². The van der Waals surface area contributed by atoms with Gasteiger partial charge in [0.25, 0.3) is 0 Å². The van der Waals surface area contributed by atoms with Gasteiger partial charge in [-0.2, -0.15) is 0 Å². The minimum atomic E-state index is -0.840. The Balaban J connectivity index is 0.000000208. The molecule has 0 aliphatic carbocycles.